The van der Waals surface area contributed by atoms with Crippen LogP contribution in [0.1, 0.15) is 73.5 Å². The number of carboxylic acids is 2. The lowest BCUT2D eigenvalue weighted by Gasteiger charge is -2.24. The highest BCUT2D eigenvalue weighted by atomic mass is 19.4. The maximum Gasteiger partial charge on any atom is 0.490 e. The number of alkyl halides is 3. The van der Waals surface area contributed by atoms with Crippen LogP contribution in [0, 0.1) is 5.92 Å². The molecule has 32 heavy (non-hydrogen) atoms. The van der Waals surface area contributed by atoms with E-state index in [9.17, 15) is 27.9 Å². The standard InChI is InChI=1S/C18H27N3O4.C2HF3O2/c22-17(15-11-14(20-21-15)13-6-8-25-9-7-13)19-16(18(23)24)10-12-4-2-1-3-5-12;3-2(4,5)1(6)7/h11-13,16H,1-10H2,(H,19,22)(H,20,21)(H,23,24);(H,6,7). The molecule has 4 N–H and O–H groups in total. The molecule has 9 nitrogen and oxygen atoms in total. The molecule has 1 aliphatic heterocycles. The van der Waals surface area contributed by atoms with Crippen LogP contribution in [0.25, 0.3) is 0 Å². The van der Waals surface area contributed by atoms with Crippen LogP contribution in [-0.2, 0) is 14.3 Å². The van der Waals surface area contributed by atoms with E-state index in [2.05, 4.69) is 15.5 Å². The average molecular weight is 463 g/mol. The highest BCUT2D eigenvalue weighted by molar-refractivity contribution is 5.95. The molecule has 180 valence electrons. The number of nitrogens with one attached hydrogen (secondary N) is 2. The van der Waals surface area contributed by atoms with E-state index in [4.69, 9.17) is 14.6 Å². The number of carbonyl (C=O) groups is 3. The first-order valence-electron chi connectivity index (χ1n) is 10.5. The Balaban J connectivity index is 0.000000451. The van der Waals surface area contributed by atoms with Gasteiger partial charge in [-0.15, -0.1) is 0 Å². The van der Waals surface area contributed by atoms with Crippen molar-refractivity contribution in [1.82, 2.24) is 15.5 Å². The predicted molar refractivity (Wildman–Crippen MR) is 105 cm³/mol. The van der Waals surface area contributed by atoms with E-state index < -0.39 is 30.1 Å². The highest BCUT2D eigenvalue weighted by Gasteiger charge is 2.38. The molecule has 1 aromatic rings. The van der Waals surface area contributed by atoms with Gasteiger partial charge in [0.25, 0.3) is 5.91 Å². The molecule has 1 aromatic heterocycles. The van der Waals surface area contributed by atoms with Gasteiger partial charge in [0.05, 0.1) is 0 Å². The van der Waals surface area contributed by atoms with Crippen molar-refractivity contribution in [3.05, 3.63) is 17.5 Å². The zero-order chi connectivity index (χ0) is 23.7. The van der Waals surface area contributed by atoms with Crippen molar-refractivity contribution in [2.75, 3.05) is 13.2 Å². The van der Waals surface area contributed by atoms with Crippen LogP contribution in [0.5, 0.6) is 0 Å². The van der Waals surface area contributed by atoms with Gasteiger partial charge in [-0.3, -0.25) is 9.89 Å². The normalized spacial score (nSPS) is 18.8. The lowest BCUT2D eigenvalue weighted by Crippen LogP contribution is -2.42. The van der Waals surface area contributed by atoms with Crippen molar-refractivity contribution in [3.63, 3.8) is 0 Å². The van der Waals surface area contributed by atoms with Gasteiger partial charge in [-0.05, 0) is 31.2 Å². The number of hydrogen-bond donors (Lipinski definition) is 4. The third-order valence-corrected chi connectivity index (χ3v) is 5.63. The Morgan fingerprint density at radius 2 is 1.72 bits per heavy atom. The lowest BCUT2D eigenvalue weighted by atomic mass is 9.85. The average Bonchev–Trinajstić information content (AvgIpc) is 3.25. The number of nitrogens with zero attached hydrogens (tertiary/aromatic N) is 1. The number of hydrogen-bond acceptors (Lipinski definition) is 5. The molecule has 1 unspecified atom stereocenters. The zero-order valence-corrected chi connectivity index (χ0v) is 17.5. The number of aliphatic carboxylic acids is 2. The first-order valence-corrected chi connectivity index (χ1v) is 10.5. The fourth-order valence-electron chi connectivity index (χ4n) is 3.88. The first-order chi connectivity index (χ1) is 15.1. The molecule has 0 radical (unpaired) electrons. The molecule has 0 aromatic carbocycles. The third kappa shape index (κ3) is 8.13. The molecule has 1 aliphatic carbocycles. The van der Waals surface area contributed by atoms with Gasteiger partial charge < -0.3 is 20.3 Å². The number of aromatic nitrogens is 2. The molecule has 2 fully saturated rings. The Hall–Kier alpha value is -2.63. The van der Waals surface area contributed by atoms with Gasteiger partial charge in [-0.2, -0.15) is 18.3 Å². The van der Waals surface area contributed by atoms with Crippen molar-refractivity contribution in [3.8, 4) is 0 Å². The Kier molecular flexibility index (Phi) is 9.48. The molecule has 1 saturated heterocycles. The molecule has 0 bridgehead atoms. The first kappa shape index (κ1) is 25.6. The Morgan fingerprint density at radius 3 is 2.25 bits per heavy atom. The van der Waals surface area contributed by atoms with E-state index in [0.717, 1.165) is 44.2 Å². The van der Waals surface area contributed by atoms with Gasteiger partial charge in [0.15, 0.2) is 0 Å². The fourth-order valence-corrected chi connectivity index (χ4v) is 3.88. The number of amides is 1. The quantitative estimate of drug-likeness (QED) is 0.508. The smallest absolute Gasteiger partial charge is 0.480 e. The summed E-state index contributed by atoms with van der Waals surface area (Å²) in [5.74, 6) is -3.45. The van der Waals surface area contributed by atoms with Crippen molar-refractivity contribution in [1.29, 1.82) is 0 Å². The predicted octanol–water partition coefficient (Wildman–Crippen LogP) is 3.09. The number of halogens is 3. The number of aromatic amines is 1. The van der Waals surface area contributed by atoms with Crippen molar-refractivity contribution in [2.24, 2.45) is 5.92 Å². The van der Waals surface area contributed by atoms with Crippen LogP contribution in [0.4, 0.5) is 13.2 Å². The number of carboxylic acid groups (broad SMARTS) is 2. The van der Waals surface area contributed by atoms with E-state index in [1.165, 1.54) is 6.42 Å². The number of carbonyl (C=O) groups excluding carboxylic acids is 1. The molecule has 1 atom stereocenters. The van der Waals surface area contributed by atoms with E-state index in [1.807, 2.05) is 0 Å². The van der Waals surface area contributed by atoms with Gasteiger partial charge in [-0.1, -0.05) is 32.1 Å². The fraction of sp³-hybridized carbons (Fsp3) is 0.700. The summed E-state index contributed by atoms with van der Waals surface area (Å²) < 4.78 is 37.1. The number of H-pyrrole nitrogens is 1. The summed E-state index contributed by atoms with van der Waals surface area (Å²) in [6.07, 6.45) is 2.86. The largest absolute Gasteiger partial charge is 0.490 e. The second kappa shape index (κ2) is 11.8. The van der Waals surface area contributed by atoms with Crippen molar-refractivity contribution < 1.29 is 42.5 Å². The van der Waals surface area contributed by atoms with Crippen molar-refractivity contribution >= 4 is 17.8 Å². The van der Waals surface area contributed by atoms with Crippen LogP contribution >= 0.6 is 0 Å². The van der Waals surface area contributed by atoms with Gasteiger partial charge in [0.1, 0.15) is 11.7 Å². The summed E-state index contributed by atoms with van der Waals surface area (Å²) in [4.78, 5) is 32.8. The minimum atomic E-state index is -5.08. The number of rotatable bonds is 6. The SMILES string of the molecule is O=C(NC(CC1CCCCC1)C(=O)O)c1cc(C2CCOCC2)[nH]n1.O=C(O)C(F)(F)F. The van der Waals surface area contributed by atoms with Crippen LogP contribution in [0.3, 0.4) is 0 Å². The van der Waals surface area contributed by atoms with Crippen LogP contribution < -0.4 is 5.32 Å². The Morgan fingerprint density at radius 1 is 1.12 bits per heavy atom. The molecular weight excluding hydrogens is 435 g/mol. The van der Waals surface area contributed by atoms with E-state index >= 15 is 0 Å². The van der Waals surface area contributed by atoms with E-state index in [1.54, 1.807) is 6.07 Å². The maximum absolute atomic E-state index is 12.4. The molecular formula is C20H28F3N3O6. The molecule has 12 heteroatoms. The summed E-state index contributed by atoms with van der Waals surface area (Å²) in [7, 11) is 0. The summed E-state index contributed by atoms with van der Waals surface area (Å²) in [5.41, 5.74) is 1.18. The molecule has 0 spiro atoms. The van der Waals surface area contributed by atoms with Gasteiger partial charge in [0.2, 0.25) is 0 Å². The third-order valence-electron chi connectivity index (χ3n) is 5.63. The Bertz CT molecular complexity index is 771. The van der Waals surface area contributed by atoms with Crippen LogP contribution in [0.2, 0.25) is 0 Å². The van der Waals surface area contributed by atoms with Gasteiger partial charge in [-0.25, -0.2) is 9.59 Å². The number of ether oxygens (including phenoxy) is 1. The Labute approximate surface area is 182 Å². The summed E-state index contributed by atoms with van der Waals surface area (Å²) in [6, 6.07) is 0.893. The molecule has 1 saturated carbocycles. The van der Waals surface area contributed by atoms with E-state index in [-0.39, 0.29) is 5.69 Å². The molecule has 2 heterocycles. The summed E-state index contributed by atoms with van der Waals surface area (Å²) in [5, 5.41) is 26.2. The van der Waals surface area contributed by atoms with Crippen LogP contribution in [0.15, 0.2) is 6.07 Å². The van der Waals surface area contributed by atoms with Gasteiger partial charge >= 0.3 is 18.1 Å². The minimum Gasteiger partial charge on any atom is -0.480 e. The molecule has 2 aliphatic rings. The summed E-state index contributed by atoms with van der Waals surface area (Å²) in [6.45, 7) is 1.43. The monoisotopic (exact) mass is 463 g/mol. The van der Waals surface area contributed by atoms with Crippen LogP contribution in [-0.4, -0.2) is 63.7 Å². The summed E-state index contributed by atoms with van der Waals surface area (Å²) >= 11 is 0. The van der Waals surface area contributed by atoms with E-state index in [0.29, 0.717) is 31.5 Å². The maximum atomic E-state index is 12.4. The molecule has 3 rings (SSSR count). The van der Waals surface area contributed by atoms with Gasteiger partial charge in [0, 0.05) is 24.8 Å². The minimum absolute atomic E-state index is 0.261. The second-order valence-electron chi connectivity index (χ2n) is 8.00. The second-order valence-corrected chi connectivity index (χ2v) is 8.00. The van der Waals surface area contributed by atoms with Crippen molar-refractivity contribution in [2.45, 2.75) is 69.5 Å². The lowest BCUT2D eigenvalue weighted by molar-refractivity contribution is -0.192. The topological polar surface area (TPSA) is 142 Å². The molecule has 1 amide bonds. The zero-order valence-electron chi connectivity index (χ0n) is 17.5. The highest BCUT2D eigenvalue weighted by Crippen LogP contribution is 2.28.